The number of carbonyl (C=O) groups is 1. The lowest BCUT2D eigenvalue weighted by Crippen LogP contribution is -2.38. The Bertz CT molecular complexity index is 1160. The number of aryl methyl sites for hydroxylation is 1. The second kappa shape index (κ2) is 9.78. The maximum atomic E-state index is 11.8. The number of ether oxygens (including phenoxy) is 1. The van der Waals surface area contributed by atoms with Crippen LogP contribution < -0.4 is 20.7 Å². The smallest absolute Gasteiger partial charge is 0.319 e. The summed E-state index contributed by atoms with van der Waals surface area (Å²) in [5, 5.41) is 18.9. The number of para-hydroxylation sites is 2. The Labute approximate surface area is 183 Å². The van der Waals surface area contributed by atoms with Crippen LogP contribution >= 0.6 is 11.3 Å². The molecule has 0 spiro atoms. The van der Waals surface area contributed by atoms with Crippen LogP contribution in [0.25, 0.3) is 15.2 Å². The van der Waals surface area contributed by atoms with Crippen molar-refractivity contribution in [2.45, 2.75) is 13.0 Å². The van der Waals surface area contributed by atoms with E-state index in [0.29, 0.717) is 19.6 Å². The van der Waals surface area contributed by atoms with Gasteiger partial charge in [0, 0.05) is 31.5 Å². The van der Waals surface area contributed by atoms with Gasteiger partial charge in [-0.2, -0.15) is 0 Å². The van der Waals surface area contributed by atoms with Gasteiger partial charge in [0.15, 0.2) is 4.96 Å². The summed E-state index contributed by atoms with van der Waals surface area (Å²) >= 11 is 1.61. The second-order valence-electron chi connectivity index (χ2n) is 7.16. The summed E-state index contributed by atoms with van der Waals surface area (Å²) in [6.45, 7) is 3.47. The van der Waals surface area contributed by atoms with Gasteiger partial charge in [-0.05, 0) is 31.2 Å². The summed E-state index contributed by atoms with van der Waals surface area (Å²) in [5.74, 6) is 0.722. The van der Waals surface area contributed by atoms with Crippen LogP contribution in [-0.2, 0) is 0 Å². The molecule has 1 atom stereocenters. The van der Waals surface area contributed by atoms with Gasteiger partial charge in [-0.15, -0.1) is 0 Å². The predicted octanol–water partition coefficient (Wildman–Crippen LogP) is 3.01. The van der Waals surface area contributed by atoms with Crippen molar-refractivity contribution in [3.63, 3.8) is 0 Å². The zero-order chi connectivity index (χ0) is 21.6. The molecule has 2 heterocycles. The van der Waals surface area contributed by atoms with E-state index in [1.165, 1.54) is 0 Å². The Balaban J connectivity index is 1.19. The second-order valence-corrected chi connectivity index (χ2v) is 8.16. The Morgan fingerprint density at radius 2 is 2.03 bits per heavy atom. The van der Waals surface area contributed by atoms with Crippen molar-refractivity contribution >= 4 is 38.2 Å². The normalized spacial score (nSPS) is 12.2. The van der Waals surface area contributed by atoms with Gasteiger partial charge in [0.05, 0.1) is 10.4 Å². The Morgan fingerprint density at radius 1 is 1.19 bits per heavy atom. The first-order valence-electron chi connectivity index (χ1n) is 10.1. The van der Waals surface area contributed by atoms with Crippen LogP contribution in [0.2, 0.25) is 0 Å². The third kappa shape index (κ3) is 5.32. The van der Waals surface area contributed by atoms with E-state index in [2.05, 4.69) is 20.9 Å². The SMILES string of the molecule is Cc1cn2c(n1)sc1cccc(OCC(O)CNCCNC(=O)Nc3ccccc3)c12. The maximum Gasteiger partial charge on any atom is 0.319 e. The summed E-state index contributed by atoms with van der Waals surface area (Å²) in [6, 6.07) is 14.9. The number of thiazole rings is 1. The first-order chi connectivity index (χ1) is 15.1. The standard InChI is InChI=1S/C22H25N5O3S/c1-15-13-27-20-18(8-5-9-19(20)31-22(27)25-15)30-14-17(28)12-23-10-11-24-21(29)26-16-6-3-2-4-7-16/h2-9,13,17,23,28H,10-12,14H2,1H3,(H2,24,26,29). The molecule has 0 saturated heterocycles. The number of carbonyl (C=O) groups excluding carboxylic acids is 1. The molecule has 1 unspecified atom stereocenters. The van der Waals surface area contributed by atoms with Crippen LogP contribution in [0.1, 0.15) is 5.69 Å². The molecule has 0 aliphatic heterocycles. The van der Waals surface area contributed by atoms with Gasteiger partial charge in [-0.25, -0.2) is 9.78 Å². The van der Waals surface area contributed by atoms with E-state index in [-0.39, 0.29) is 12.6 Å². The highest BCUT2D eigenvalue weighted by Crippen LogP contribution is 2.33. The molecule has 4 N–H and O–H groups in total. The number of hydrogen-bond acceptors (Lipinski definition) is 6. The number of rotatable bonds is 9. The van der Waals surface area contributed by atoms with Crippen molar-refractivity contribution in [1.82, 2.24) is 20.0 Å². The van der Waals surface area contributed by atoms with Crippen molar-refractivity contribution in [2.24, 2.45) is 0 Å². The number of urea groups is 1. The van der Waals surface area contributed by atoms with Crippen LogP contribution in [0.5, 0.6) is 5.75 Å². The molecule has 0 aliphatic rings. The molecule has 4 aromatic rings. The van der Waals surface area contributed by atoms with Crippen LogP contribution in [0.3, 0.4) is 0 Å². The molecule has 8 nitrogen and oxygen atoms in total. The molecule has 9 heteroatoms. The van der Waals surface area contributed by atoms with Gasteiger partial charge in [-0.3, -0.25) is 4.40 Å². The van der Waals surface area contributed by atoms with E-state index in [1.54, 1.807) is 11.3 Å². The highest BCUT2D eigenvalue weighted by molar-refractivity contribution is 7.23. The van der Waals surface area contributed by atoms with Gasteiger partial charge in [-0.1, -0.05) is 35.6 Å². The largest absolute Gasteiger partial charge is 0.489 e. The number of aromatic nitrogens is 2. The van der Waals surface area contributed by atoms with E-state index >= 15 is 0 Å². The number of aliphatic hydroxyl groups excluding tert-OH is 1. The minimum absolute atomic E-state index is 0.166. The number of nitrogens with one attached hydrogen (secondary N) is 3. The number of imidazole rings is 1. The number of amides is 2. The lowest BCUT2D eigenvalue weighted by atomic mass is 10.3. The van der Waals surface area contributed by atoms with Gasteiger partial charge >= 0.3 is 6.03 Å². The fourth-order valence-corrected chi connectivity index (χ4v) is 4.29. The highest BCUT2D eigenvalue weighted by Gasteiger charge is 2.13. The zero-order valence-electron chi connectivity index (χ0n) is 17.2. The number of fused-ring (bicyclic) bond motifs is 3. The molecule has 0 bridgehead atoms. The van der Waals surface area contributed by atoms with E-state index in [4.69, 9.17) is 4.74 Å². The average Bonchev–Trinajstić information content (AvgIpc) is 3.28. The van der Waals surface area contributed by atoms with Crippen molar-refractivity contribution in [2.75, 3.05) is 31.6 Å². The summed E-state index contributed by atoms with van der Waals surface area (Å²) in [5.41, 5.74) is 2.67. The fourth-order valence-electron chi connectivity index (χ4n) is 3.22. The van der Waals surface area contributed by atoms with Gasteiger partial charge in [0.25, 0.3) is 0 Å². The van der Waals surface area contributed by atoms with E-state index in [9.17, 15) is 9.90 Å². The quantitative estimate of drug-likeness (QED) is 0.301. The topological polar surface area (TPSA) is 99.9 Å². The van der Waals surface area contributed by atoms with Gasteiger partial charge in [0.1, 0.15) is 24.0 Å². The monoisotopic (exact) mass is 439 g/mol. The molecule has 0 radical (unpaired) electrons. The fraction of sp³-hybridized carbons (Fsp3) is 0.273. The molecule has 31 heavy (non-hydrogen) atoms. The molecule has 0 aliphatic carbocycles. The van der Waals surface area contributed by atoms with Crippen molar-refractivity contribution in [3.05, 3.63) is 60.4 Å². The summed E-state index contributed by atoms with van der Waals surface area (Å²) in [7, 11) is 0. The molecule has 0 fully saturated rings. The van der Waals surface area contributed by atoms with Crippen molar-refractivity contribution < 1.29 is 14.6 Å². The molecular formula is C22H25N5O3S. The van der Waals surface area contributed by atoms with Gasteiger partial charge < -0.3 is 25.8 Å². The zero-order valence-corrected chi connectivity index (χ0v) is 18.0. The third-order valence-electron chi connectivity index (χ3n) is 4.63. The molecule has 2 aromatic heterocycles. The Kier molecular flexibility index (Phi) is 6.66. The first kappa shape index (κ1) is 21.1. The molecule has 2 amide bonds. The number of aliphatic hydroxyl groups is 1. The molecule has 162 valence electrons. The number of anilines is 1. The third-order valence-corrected chi connectivity index (χ3v) is 5.65. The molecule has 0 saturated carbocycles. The lowest BCUT2D eigenvalue weighted by molar-refractivity contribution is 0.107. The number of hydrogen-bond donors (Lipinski definition) is 4. The van der Waals surface area contributed by atoms with Crippen molar-refractivity contribution in [3.8, 4) is 5.75 Å². The van der Waals surface area contributed by atoms with Crippen LogP contribution in [-0.4, -0.2) is 52.9 Å². The van der Waals surface area contributed by atoms with E-state index in [0.717, 1.165) is 32.3 Å². The Morgan fingerprint density at radius 3 is 2.87 bits per heavy atom. The minimum Gasteiger partial charge on any atom is -0.489 e. The predicted molar refractivity (Wildman–Crippen MR) is 123 cm³/mol. The van der Waals surface area contributed by atoms with Crippen LogP contribution in [0.15, 0.2) is 54.7 Å². The molecule has 4 rings (SSSR count). The highest BCUT2D eigenvalue weighted by atomic mass is 32.1. The lowest BCUT2D eigenvalue weighted by Gasteiger charge is -2.14. The van der Waals surface area contributed by atoms with Crippen LogP contribution in [0.4, 0.5) is 10.5 Å². The number of nitrogens with zero attached hydrogens (tertiary/aromatic N) is 2. The first-order valence-corrected chi connectivity index (χ1v) is 10.9. The van der Waals surface area contributed by atoms with Crippen LogP contribution in [0, 0.1) is 6.92 Å². The summed E-state index contributed by atoms with van der Waals surface area (Å²) in [6.07, 6.45) is 1.31. The summed E-state index contributed by atoms with van der Waals surface area (Å²) < 4.78 is 9.03. The Hall–Kier alpha value is -3.14. The number of benzene rings is 2. The maximum absolute atomic E-state index is 11.8. The minimum atomic E-state index is -0.674. The van der Waals surface area contributed by atoms with Crippen molar-refractivity contribution in [1.29, 1.82) is 0 Å². The molecule has 2 aromatic carbocycles. The average molecular weight is 440 g/mol. The molecular weight excluding hydrogens is 414 g/mol. The summed E-state index contributed by atoms with van der Waals surface area (Å²) in [4.78, 5) is 17.3. The van der Waals surface area contributed by atoms with Gasteiger partial charge in [0.2, 0.25) is 0 Å². The van der Waals surface area contributed by atoms with E-state index in [1.807, 2.05) is 66.1 Å². The van der Waals surface area contributed by atoms with E-state index < -0.39 is 6.10 Å².